The number of hydrogen-bond acceptors (Lipinski definition) is 7. The monoisotopic (exact) mass is 612 g/mol. The highest BCUT2D eigenvalue weighted by Gasteiger charge is 2.20. The van der Waals surface area contributed by atoms with Crippen molar-refractivity contribution in [2.75, 3.05) is 20.8 Å². The molecule has 34 heavy (non-hydrogen) atoms. The minimum atomic E-state index is -0.812. The quantitative estimate of drug-likeness (QED) is 0.387. The molecular weight excluding hydrogens is 586 g/mol. The molecule has 0 aromatic heterocycles. The molecule has 0 bridgehead atoms. The number of carbonyl (C=O) groups excluding carboxylic acids is 2. The summed E-state index contributed by atoms with van der Waals surface area (Å²) in [5.74, 6) is -2.94. The molecule has 7 nitrogen and oxygen atoms in total. The fraction of sp³-hybridized carbons (Fsp3) is 0.391. The third-order valence-corrected chi connectivity index (χ3v) is 5.52. The molecule has 1 heterocycles. The first-order valence-corrected chi connectivity index (χ1v) is 10.9. The predicted molar refractivity (Wildman–Crippen MR) is 130 cm³/mol. The maximum atomic E-state index is 13.8. The second-order valence-corrected chi connectivity index (χ2v) is 8.15. The number of phenols is 1. The zero-order valence-electron chi connectivity index (χ0n) is 17.1. The molecule has 2 aromatic rings. The van der Waals surface area contributed by atoms with E-state index < -0.39 is 23.6 Å². The zero-order chi connectivity index (χ0) is 23.8. The molecule has 11 heteroatoms. The lowest BCUT2D eigenvalue weighted by molar-refractivity contribution is -0.106. The zero-order valence-corrected chi connectivity index (χ0v) is 20.3. The smallest absolute Gasteiger partial charge is 0.340 e. The van der Waals surface area contributed by atoms with Gasteiger partial charge in [0.05, 0.1) is 40.9 Å². The summed E-state index contributed by atoms with van der Waals surface area (Å²) in [6.07, 6.45) is 2.43. The first-order chi connectivity index (χ1) is 15.2. The minimum Gasteiger partial charge on any atom is -0.507 e. The van der Waals surface area contributed by atoms with Gasteiger partial charge in [0.2, 0.25) is 0 Å². The molecule has 1 fully saturated rings. The predicted octanol–water partition coefficient (Wildman–Crippen LogP) is 6.63. The summed E-state index contributed by atoms with van der Waals surface area (Å²) in [4.78, 5) is 22.3. The SMILES string of the molecule is C.C.COC(=O)c1cc(Br)c(O)cc1F.COC(=O)c1cc(Br)c(OC2CCCCO2)cc1F. The van der Waals surface area contributed by atoms with Gasteiger partial charge < -0.3 is 24.1 Å². The van der Waals surface area contributed by atoms with Crippen molar-refractivity contribution >= 4 is 43.8 Å². The number of rotatable bonds is 4. The van der Waals surface area contributed by atoms with Crippen molar-refractivity contribution in [3.63, 3.8) is 0 Å². The number of ether oxygens (including phenoxy) is 4. The highest BCUT2D eigenvalue weighted by atomic mass is 79.9. The van der Waals surface area contributed by atoms with Gasteiger partial charge >= 0.3 is 11.9 Å². The number of benzene rings is 2. The van der Waals surface area contributed by atoms with Crippen LogP contribution in [0.1, 0.15) is 54.8 Å². The minimum absolute atomic E-state index is 0. The summed E-state index contributed by atoms with van der Waals surface area (Å²) in [6.45, 7) is 0.644. The van der Waals surface area contributed by atoms with E-state index in [4.69, 9.17) is 14.6 Å². The first-order valence-electron chi connectivity index (χ1n) is 9.29. The van der Waals surface area contributed by atoms with Gasteiger partial charge in [-0.1, -0.05) is 14.9 Å². The van der Waals surface area contributed by atoms with Gasteiger partial charge in [-0.3, -0.25) is 0 Å². The lowest BCUT2D eigenvalue weighted by Crippen LogP contribution is -2.25. The summed E-state index contributed by atoms with van der Waals surface area (Å²) < 4.78 is 47.3. The number of carbonyl (C=O) groups is 2. The van der Waals surface area contributed by atoms with Gasteiger partial charge in [0.15, 0.2) is 6.29 Å². The van der Waals surface area contributed by atoms with E-state index in [9.17, 15) is 18.4 Å². The Hall–Kier alpha value is -2.24. The fourth-order valence-electron chi connectivity index (χ4n) is 2.63. The van der Waals surface area contributed by atoms with Crippen LogP contribution < -0.4 is 4.74 Å². The number of aromatic hydroxyl groups is 1. The van der Waals surface area contributed by atoms with Crippen LogP contribution >= 0.6 is 31.9 Å². The van der Waals surface area contributed by atoms with Crippen LogP contribution in [0.4, 0.5) is 8.78 Å². The third kappa shape index (κ3) is 8.52. The second kappa shape index (κ2) is 14.9. The average Bonchev–Trinajstić information content (AvgIpc) is 2.78. The third-order valence-electron chi connectivity index (χ3n) is 4.27. The molecule has 0 saturated carbocycles. The van der Waals surface area contributed by atoms with Crippen molar-refractivity contribution in [3.05, 3.63) is 56.0 Å². The maximum absolute atomic E-state index is 13.8. The highest BCUT2D eigenvalue weighted by molar-refractivity contribution is 9.10. The Morgan fingerprint density at radius 3 is 1.97 bits per heavy atom. The van der Waals surface area contributed by atoms with Crippen molar-refractivity contribution in [1.29, 1.82) is 0 Å². The van der Waals surface area contributed by atoms with Crippen LogP contribution in [0.25, 0.3) is 0 Å². The van der Waals surface area contributed by atoms with Crippen LogP contribution in [0.2, 0.25) is 0 Å². The molecule has 1 N–H and O–H groups in total. The molecule has 1 atom stereocenters. The van der Waals surface area contributed by atoms with Gasteiger partial charge in [-0.15, -0.1) is 0 Å². The van der Waals surface area contributed by atoms with Crippen molar-refractivity contribution in [3.8, 4) is 11.5 Å². The Morgan fingerprint density at radius 1 is 0.941 bits per heavy atom. The maximum Gasteiger partial charge on any atom is 0.340 e. The Balaban J connectivity index is 0.000000644. The van der Waals surface area contributed by atoms with E-state index in [1.54, 1.807) is 0 Å². The van der Waals surface area contributed by atoms with Crippen LogP contribution in [0.3, 0.4) is 0 Å². The fourth-order valence-corrected chi connectivity index (χ4v) is 3.41. The van der Waals surface area contributed by atoms with E-state index in [2.05, 4.69) is 41.3 Å². The van der Waals surface area contributed by atoms with Crippen LogP contribution in [0.15, 0.2) is 33.2 Å². The summed E-state index contributed by atoms with van der Waals surface area (Å²) >= 11 is 6.20. The van der Waals surface area contributed by atoms with Gasteiger partial charge in [0.1, 0.15) is 23.1 Å². The van der Waals surface area contributed by atoms with Crippen LogP contribution in [-0.2, 0) is 14.2 Å². The molecule has 0 spiro atoms. The number of esters is 2. The van der Waals surface area contributed by atoms with Crippen molar-refractivity contribution < 1.29 is 42.4 Å². The molecule has 3 rings (SSSR count). The van der Waals surface area contributed by atoms with E-state index in [-0.39, 0.29) is 42.5 Å². The largest absolute Gasteiger partial charge is 0.507 e. The lowest BCUT2D eigenvalue weighted by Gasteiger charge is -2.24. The molecule has 190 valence electrons. The summed E-state index contributed by atoms with van der Waals surface area (Å²) in [7, 11) is 2.36. The molecule has 1 saturated heterocycles. The summed E-state index contributed by atoms with van der Waals surface area (Å²) in [5, 5.41) is 9.04. The van der Waals surface area contributed by atoms with Crippen LogP contribution in [0, 0.1) is 11.6 Å². The Kier molecular flexibility index (Phi) is 13.9. The van der Waals surface area contributed by atoms with Crippen LogP contribution in [-0.4, -0.2) is 44.2 Å². The van der Waals surface area contributed by atoms with Crippen molar-refractivity contribution in [2.24, 2.45) is 0 Å². The number of methoxy groups -OCH3 is 2. The Bertz CT molecular complexity index is 980. The summed E-state index contributed by atoms with van der Waals surface area (Å²) in [5.41, 5.74) is -0.349. The molecule has 2 aromatic carbocycles. The molecule has 1 unspecified atom stereocenters. The molecule has 1 aliphatic rings. The first kappa shape index (κ1) is 31.8. The van der Waals surface area contributed by atoms with Gasteiger partial charge in [-0.25, -0.2) is 18.4 Å². The van der Waals surface area contributed by atoms with Gasteiger partial charge in [-0.05, 0) is 56.8 Å². The van der Waals surface area contributed by atoms with E-state index in [0.717, 1.165) is 44.6 Å². The molecule has 1 aliphatic heterocycles. The van der Waals surface area contributed by atoms with Gasteiger partial charge in [-0.2, -0.15) is 0 Å². The summed E-state index contributed by atoms with van der Waals surface area (Å²) in [6, 6.07) is 4.51. The second-order valence-electron chi connectivity index (χ2n) is 6.44. The average molecular weight is 614 g/mol. The van der Waals surface area contributed by atoms with Gasteiger partial charge in [0, 0.05) is 18.6 Å². The van der Waals surface area contributed by atoms with Crippen molar-refractivity contribution in [1.82, 2.24) is 0 Å². The standard InChI is InChI=1S/C13H14BrFO4.C8H6BrFO3.2CH4/c1-17-13(16)8-6-9(14)11(7-10(8)15)19-12-4-2-3-5-18-12;1-13-8(12)4-2-5(9)7(11)3-6(4)10;;/h6-7,12H,2-5H2,1H3;2-3,11H,1H3;2*1H4. The highest BCUT2D eigenvalue weighted by Crippen LogP contribution is 2.31. The lowest BCUT2D eigenvalue weighted by atomic mass is 10.2. The van der Waals surface area contributed by atoms with E-state index in [1.807, 2.05) is 0 Å². The molecule has 0 radical (unpaired) electrons. The number of phenolic OH excluding ortho intramolecular Hbond substituents is 1. The topological polar surface area (TPSA) is 91.3 Å². The number of halogens is 4. The number of hydrogen-bond donors (Lipinski definition) is 1. The van der Waals surface area contributed by atoms with E-state index in [0.29, 0.717) is 16.8 Å². The Morgan fingerprint density at radius 2 is 1.47 bits per heavy atom. The normalized spacial score (nSPS) is 14.4. The van der Waals surface area contributed by atoms with Crippen molar-refractivity contribution in [2.45, 2.75) is 40.4 Å². The molecule has 0 amide bonds. The molecule has 0 aliphatic carbocycles. The van der Waals surface area contributed by atoms with E-state index >= 15 is 0 Å². The Labute approximate surface area is 214 Å². The van der Waals surface area contributed by atoms with Gasteiger partial charge in [0.25, 0.3) is 0 Å². The molecular formula is C23H28Br2F2O7. The van der Waals surface area contributed by atoms with Crippen LogP contribution in [0.5, 0.6) is 11.5 Å². The van der Waals surface area contributed by atoms with E-state index in [1.165, 1.54) is 13.2 Å².